The van der Waals surface area contributed by atoms with Crippen molar-refractivity contribution >= 4 is 6.03 Å². The zero-order valence-corrected chi connectivity index (χ0v) is 10.7. The topological polar surface area (TPSA) is 44.8 Å². The normalized spacial score (nSPS) is 26.9. The van der Waals surface area contributed by atoms with Gasteiger partial charge in [-0.3, -0.25) is 0 Å². The average Bonchev–Trinajstić information content (AvgIpc) is 2.74. The second-order valence-electron chi connectivity index (χ2n) is 4.96. The van der Waals surface area contributed by atoms with Crippen LogP contribution in [-0.2, 0) is 4.74 Å². The Balaban J connectivity index is 1.70. The number of ether oxygens (including phenoxy) is 1. The van der Waals surface area contributed by atoms with E-state index >= 15 is 0 Å². The lowest BCUT2D eigenvalue weighted by Gasteiger charge is -2.22. The molecule has 2 aliphatic heterocycles. The number of amides is 2. The predicted molar refractivity (Wildman–Crippen MR) is 66.1 cm³/mol. The highest BCUT2D eigenvalue weighted by atomic mass is 16.5. The van der Waals surface area contributed by atoms with E-state index in [1.54, 1.807) is 0 Å². The molecule has 0 spiro atoms. The fraction of sp³-hybridized carbons (Fsp3) is 0.917. The van der Waals surface area contributed by atoms with Crippen LogP contribution in [0, 0.1) is 0 Å². The summed E-state index contributed by atoms with van der Waals surface area (Å²) < 4.78 is 5.49. The quantitative estimate of drug-likeness (QED) is 0.766. The van der Waals surface area contributed by atoms with E-state index < -0.39 is 0 Å². The molecule has 1 unspecified atom stereocenters. The van der Waals surface area contributed by atoms with Crippen LogP contribution >= 0.6 is 0 Å². The van der Waals surface area contributed by atoms with Crippen LogP contribution in [0.25, 0.3) is 0 Å². The van der Waals surface area contributed by atoms with Gasteiger partial charge in [0, 0.05) is 32.8 Å². The van der Waals surface area contributed by atoms with E-state index in [0.717, 1.165) is 52.0 Å². The Morgan fingerprint density at radius 3 is 2.94 bits per heavy atom. The van der Waals surface area contributed by atoms with Crippen molar-refractivity contribution in [3.63, 3.8) is 0 Å². The summed E-state index contributed by atoms with van der Waals surface area (Å²) in [5.41, 5.74) is 0. The van der Waals surface area contributed by atoms with E-state index in [-0.39, 0.29) is 12.1 Å². The molecule has 0 aromatic carbocycles. The molecular formula is C12H23N3O2. The molecule has 0 saturated carbocycles. The highest BCUT2D eigenvalue weighted by Crippen LogP contribution is 2.10. The lowest BCUT2D eigenvalue weighted by molar-refractivity contribution is 0.109. The summed E-state index contributed by atoms with van der Waals surface area (Å²) in [7, 11) is 2.10. The smallest absolute Gasteiger partial charge is 0.317 e. The van der Waals surface area contributed by atoms with E-state index in [1.807, 2.05) is 4.90 Å². The standard InChI is InChI=1S/C12H23N3O2/c1-14-5-3-6-15(8-7-14)12(16)13-10-11-4-2-9-17-11/h11H,2-10H2,1H3,(H,13,16). The zero-order valence-electron chi connectivity index (χ0n) is 10.7. The first-order chi connectivity index (χ1) is 8.25. The van der Waals surface area contributed by atoms with Crippen LogP contribution in [0.1, 0.15) is 19.3 Å². The van der Waals surface area contributed by atoms with Crippen molar-refractivity contribution in [3.05, 3.63) is 0 Å². The lowest BCUT2D eigenvalue weighted by atomic mass is 10.2. The van der Waals surface area contributed by atoms with Crippen LogP contribution in [0.4, 0.5) is 4.79 Å². The Labute approximate surface area is 103 Å². The number of carbonyl (C=O) groups is 1. The van der Waals surface area contributed by atoms with Crippen molar-refractivity contribution in [1.29, 1.82) is 0 Å². The van der Waals surface area contributed by atoms with Crippen LogP contribution in [-0.4, -0.2) is 68.3 Å². The number of nitrogens with zero attached hydrogens (tertiary/aromatic N) is 2. The summed E-state index contributed by atoms with van der Waals surface area (Å²) in [6.07, 6.45) is 3.48. The van der Waals surface area contributed by atoms with Gasteiger partial charge in [-0.1, -0.05) is 0 Å². The Morgan fingerprint density at radius 2 is 2.18 bits per heavy atom. The summed E-state index contributed by atoms with van der Waals surface area (Å²) in [6.45, 7) is 5.23. The first-order valence-corrected chi connectivity index (χ1v) is 6.58. The SMILES string of the molecule is CN1CCCN(C(=O)NCC2CCCO2)CC1. The first-order valence-electron chi connectivity index (χ1n) is 6.58. The number of hydrogen-bond donors (Lipinski definition) is 1. The molecule has 5 nitrogen and oxygen atoms in total. The molecule has 5 heteroatoms. The number of urea groups is 1. The molecule has 2 amide bonds. The van der Waals surface area contributed by atoms with E-state index in [2.05, 4.69) is 17.3 Å². The summed E-state index contributed by atoms with van der Waals surface area (Å²) in [5, 5.41) is 2.98. The van der Waals surface area contributed by atoms with Gasteiger partial charge < -0.3 is 19.9 Å². The molecular weight excluding hydrogens is 218 g/mol. The Morgan fingerprint density at radius 1 is 1.29 bits per heavy atom. The van der Waals surface area contributed by atoms with Gasteiger partial charge in [0.2, 0.25) is 0 Å². The van der Waals surface area contributed by atoms with Crippen LogP contribution in [0.2, 0.25) is 0 Å². The van der Waals surface area contributed by atoms with Crippen molar-refractivity contribution in [2.75, 3.05) is 46.4 Å². The monoisotopic (exact) mass is 241 g/mol. The largest absolute Gasteiger partial charge is 0.376 e. The fourth-order valence-corrected chi connectivity index (χ4v) is 2.37. The summed E-state index contributed by atoms with van der Waals surface area (Å²) in [6, 6.07) is 0.0656. The minimum atomic E-state index is 0.0656. The molecule has 2 fully saturated rings. The van der Waals surface area contributed by atoms with Crippen LogP contribution in [0.3, 0.4) is 0 Å². The average molecular weight is 241 g/mol. The van der Waals surface area contributed by atoms with Gasteiger partial charge in [-0.25, -0.2) is 4.79 Å². The first kappa shape index (κ1) is 12.6. The minimum absolute atomic E-state index is 0.0656. The molecule has 2 saturated heterocycles. The maximum atomic E-state index is 12.0. The number of nitrogens with one attached hydrogen (secondary N) is 1. The van der Waals surface area contributed by atoms with Crippen molar-refractivity contribution in [3.8, 4) is 0 Å². The fourth-order valence-electron chi connectivity index (χ4n) is 2.37. The van der Waals surface area contributed by atoms with Gasteiger partial charge in [0.15, 0.2) is 0 Å². The van der Waals surface area contributed by atoms with Gasteiger partial charge in [-0.05, 0) is 32.9 Å². The van der Waals surface area contributed by atoms with E-state index in [1.165, 1.54) is 0 Å². The predicted octanol–water partition coefficient (Wildman–Crippen LogP) is 0.513. The van der Waals surface area contributed by atoms with Gasteiger partial charge >= 0.3 is 6.03 Å². The highest BCUT2D eigenvalue weighted by molar-refractivity contribution is 5.74. The van der Waals surface area contributed by atoms with Crippen molar-refractivity contribution in [2.24, 2.45) is 0 Å². The number of hydrogen-bond acceptors (Lipinski definition) is 3. The van der Waals surface area contributed by atoms with E-state index in [9.17, 15) is 4.79 Å². The maximum absolute atomic E-state index is 12.0. The van der Waals surface area contributed by atoms with Gasteiger partial charge in [-0.15, -0.1) is 0 Å². The van der Waals surface area contributed by atoms with Gasteiger partial charge in [0.25, 0.3) is 0 Å². The lowest BCUT2D eigenvalue weighted by Crippen LogP contribution is -2.44. The number of rotatable bonds is 2. The van der Waals surface area contributed by atoms with Crippen LogP contribution in [0.15, 0.2) is 0 Å². The second kappa shape index (κ2) is 6.21. The molecule has 2 heterocycles. The Bertz CT molecular complexity index is 254. The molecule has 1 atom stereocenters. The van der Waals surface area contributed by atoms with Crippen LogP contribution < -0.4 is 5.32 Å². The molecule has 98 valence electrons. The Kier molecular flexibility index (Phi) is 4.62. The molecule has 1 N–H and O–H groups in total. The van der Waals surface area contributed by atoms with Crippen molar-refractivity contribution in [1.82, 2.24) is 15.1 Å². The maximum Gasteiger partial charge on any atom is 0.317 e. The highest BCUT2D eigenvalue weighted by Gasteiger charge is 2.20. The molecule has 2 rings (SSSR count). The van der Waals surface area contributed by atoms with Gasteiger partial charge in [0.1, 0.15) is 0 Å². The van der Waals surface area contributed by atoms with Gasteiger partial charge in [0.05, 0.1) is 6.10 Å². The molecule has 2 aliphatic rings. The summed E-state index contributed by atoms with van der Waals surface area (Å²) in [4.78, 5) is 16.1. The third kappa shape index (κ3) is 3.85. The molecule has 0 radical (unpaired) electrons. The molecule has 17 heavy (non-hydrogen) atoms. The van der Waals surface area contributed by atoms with Crippen molar-refractivity contribution < 1.29 is 9.53 Å². The van der Waals surface area contributed by atoms with Crippen molar-refractivity contribution in [2.45, 2.75) is 25.4 Å². The van der Waals surface area contributed by atoms with Crippen LogP contribution in [0.5, 0.6) is 0 Å². The third-order valence-corrected chi connectivity index (χ3v) is 3.51. The molecule has 0 aromatic rings. The Hall–Kier alpha value is -0.810. The number of carbonyl (C=O) groups excluding carboxylic acids is 1. The molecule has 0 aromatic heterocycles. The van der Waals surface area contributed by atoms with Gasteiger partial charge in [-0.2, -0.15) is 0 Å². The summed E-state index contributed by atoms with van der Waals surface area (Å²) in [5.74, 6) is 0. The molecule has 0 bridgehead atoms. The minimum Gasteiger partial charge on any atom is -0.376 e. The van der Waals surface area contributed by atoms with E-state index in [0.29, 0.717) is 6.54 Å². The second-order valence-corrected chi connectivity index (χ2v) is 4.96. The number of likely N-dealkylation sites (N-methyl/N-ethyl adjacent to an activating group) is 1. The zero-order chi connectivity index (χ0) is 12.1. The third-order valence-electron chi connectivity index (χ3n) is 3.51. The summed E-state index contributed by atoms with van der Waals surface area (Å²) >= 11 is 0. The molecule has 0 aliphatic carbocycles. The van der Waals surface area contributed by atoms with E-state index in [4.69, 9.17) is 4.74 Å².